The second-order valence-corrected chi connectivity index (χ2v) is 24.0. The lowest BCUT2D eigenvalue weighted by atomic mass is 9.84. The second kappa shape index (κ2) is 28.3. The molecule has 3 N–H and O–H groups in total. The summed E-state index contributed by atoms with van der Waals surface area (Å²) in [6.45, 7) is 3.83. The lowest BCUT2D eigenvalue weighted by molar-refractivity contribution is -0.148. The minimum atomic E-state index is -6.17. The van der Waals surface area contributed by atoms with E-state index in [0.717, 1.165) is 58.7 Å². The molecular formula is C55H65ClF3N5O10S3. The summed E-state index contributed by atoms with van der Waals surface area (Å²) in [6.07, 6.45) is 3.51. The molecule has 22 heteroatoms. The number of thioether (sulfide) groups is 1. The first-order valence-corrected chi connectivity index (χ1v) is 29.5. The van der Waals surface area contributed by atoms with Crippen molar-refractivity contribution in [2.75, 3.05) is 82.5 Å². The maximum Gasteiger partial charge on any atom is 0.501 e. The highest BCUT2D eigenvalue weighted by Gasteiger charge is 2.48. The highest BCUT2D eigenvalue weighted by atomic mass is 35.5. The van der Waals surface area contributed by atoms with Crippen LogP contribution in [0.15, 0.2) is 136 Å². The molecule has 1 heterocycles. The number of nitrogens with zero attached hydrogens (tertiary/aromatic N) is 3. The van der Waals surface area contributed by atoms with Crippen molar-refractivity contribution in [3.8, 4) is 11.1 Å². The van der Waals surface area contributed by atoms with Crippen LogP contribution in [-0.4, -0.2) is 133 Å². The summed E-state index contributed by atoms with van der Waals surface area (Å²) in [7, 11) is -7.79. The molecule has 1 saturated heterocycles. The van der Waals surface area contributed by atoms with E-state index in [-0.39, 0.29) is 49.9 Å². The van der Waals surface area contributed by atoms with Gasteiger partial charge >= 0.3 is 17.4 Å². The van der Waals surface area contributed by atoms with E-state index in [1.807, 2.05) is 83.3 Å². The standard InChI is InChI=1S/C55H65ClF3N5O10S3/c1-4-5-11-33-73-51(65)36-63(3)37-52(66)74-34-32-62(2)29-28-43(38-75-45-12-7-6-8-13-45)60-49-25-24-46(35-50(49)76(69,70)55(57,58)59)77(71,72)61-54(68)41-18-22-44(23-19-41)64-30-26-40(27-31-64)53(67)48-15-10-9-14-47(48)39-16-20-42(56)21-17-39/h6-10,12-25,35,40,43,53,60,67H,4-5,11,26-34,36-38H2,1-3H3,(H,61,68)/t43-,53-/m1/s1. The number of sulfonamides is 1. The predicted octanol–water partition coefficient (Wildman–Crippen LogP) is 9.47. The number of nitrogens with one attached hydrogen (secondary N) is 2. The third kappa shape index (κ3) is 17.7. The van der Waals surface area contributed by atoms with E-state index in [0.29, 0.717) is 50.2 Å². The van der Waals surface area contributed by atoms with Crippen molar-refractivity contribution in [3.05, 3.63) is 137 Å². The molecule has 77 heavy (non-hydrogen) atoms. The van der Waals surface area contributed by atoms with Crippen LogP contribution in [0.25, 0.3) is 11.1 Å². The van der Waals surface area contributed by atoms with Gasteiger partial charge in [0, 0.05) is 52.6 Å². The summed E-state index contributed by atoms with van der Waals surface area (Å²) in [5.74, 6) is -1.91. The normalized spacial score (nSPS) is 14.3. The van der Waals surface area contributed by atoms with E-state index in [2.05, 4.69) is 10.2 Å². The molecule has 0 aliphatic carbocycles. The molecule has 0 unspecified atom stereocenters. The highest BCUT2D eigenvalue weighted by molar-refractivity contribution is 7.99. The number of anilines is 2. The van der Waals surface area contributed by atoms with Crippen molar-refractivity contribution in [1.82, 2.24) is 14.5 Å². The Morgan fingerprint density at radius 1 is 0.805 bits per heavy atom. The molecular weight excluding hydrogens is 1080 g/mol. The monoisotopic (exact) mass is 1140 g/mol. The van der Waals surface area contributed by atoms with Crippen LogP contribution in [0.1, 0.15) is 67.5 Å². The van der Waals surface area contributed by atoms with E-state index in [1.54, 1.807) is 38.4 Å². The van der Waals surface area contributed by atoms with Gasteiger partial charge in [0.05, 0.1) is 36.4 Å². The highest BCUT2D eigenvalue weighted by Crippen LogP contribution is 2.39. The maximum absolute atomic E-state index is 14.3. The summed E-state index contributed by atoms with van der Waals surface area (Å²) in [5.41, 5.74) is -3.00. The van der Waals surface area contributed by atoms with Crippen molar-refractivity contribution in [3.63, 3.8) is 0 Å². The van der Waals surface area contributed by atoms with Crippen LogP contribution < -0.4 is 14.9 Å². The molecule has 1 amide bonds. The first-order chi connectivity index (χ1) is 36.6. The average Bonchev–Trinajstić information content (AvgIpc) is 3.41. The van der Waals surface area contributed by atoms with Gasteiger partial charge in [-0.1, -0.05) is 86.0 Å². The van der Waals surface area contributed by atoms with Gasteiger partial charge < -0.3 is 29.7 Å². The Morgan fingerprint density at radius 3 is 2.09 bits per heavy atom. The van der Waals surface area contributed by atoms with E-state index in [1.165, 1.54) is 28.8 Å². The van der Waals surface area contributed by atoms with Gasteiger partial charge in [0.2, 0.25) is 0 Å². The minimum absolute atomic E-state index is 0.0109. The Kier molecular flexibility index (Phi) is 22.2. The van der Waals surface area contributed by atoms with Gasteiger partial charge in [-0.25, -0.2) is 21.6 Å². The summed E-state index contributed by atoms with van der Waals surface area (Å²) >= 11 is 7.47. The number of hydrogen-bond donors (Lipinski definition) is 3. The number of esters is 2. The number of sulfone groups is 1. The summed E-state index contributed by atoms with van der Waals surface area (Å²) in [6, 6.07) is 31.9. The van der Waals surface area contributed by atoms with Crippen molar-refractivity contribution in [2.45, 2.75) is 77.8 Å². The summed E-state index contributed by atoms with van der Waals surface area (Å²) in [5, 5.41) is 15.1. The zero-order valence-electron chi connectivity index (χ0n) is 43.1. The second-order valence-electron chi connectivity index (χ2n) is 18.8. The van der Waals surface area contributed by atoms with Crippen LogP contribution in [0.2, 0.25) is 5.02 Å². The van der Waals surface area contributed by atoms with Crippen LogP contribution in [0.4, 0.5) is 24.5 Å². The van der Waals surface area contributed by atoms with Gasteiger partial charge in [-0.15, -0.1) is 11.8 Å². The van der Waals surface area contributed by atoms with Crippen LogP contribution in [0.3, 0.4) is 0 Å². The van der Waals surface area contributed by atoms with Crippen LogP contribution >= 0.6 is 23.4 Å². The molecule has 5 aromatic rings. The van der Waals surface area contributed by atoms with Crippen molar-refractivity contribution in [1.29, 1.82) is 0 Å². The summed E-state index contributed by atoms with van der Waals surface area (Å²) in [4.78, 5) is 41.9. The van der Waals surface area contributed by atoms with E-state index in [4.69, 9.17) is 21.1 Å². The van der Waals surface area contributed by atoms with Gasteiger partial charge in [0.25, 0.3) is 25.8 Å². The lowest BCUT2D eigenvalue weighted by Gasteiger charge is -2.36. The third-order valence-corrected chi connectivity index (χ3v) is 17.2. The van der Waals surface area contributed by atoms with Gasteiger partial charge in [0.15, 0.2) is 0 Å². The number of hydrogen-bond acceptors (Lipinski definition) is 15. The van der Waals surface area contributed by atoms with E-state index in [9.17, 15) is 49.5 Å². The number of carbonyl (C=O) groups excluding carboxylic acids is 3. The number of aliphatic hydroxyl groups is 1. The Balaban J connectivity index is 1.08. The molecule has 2 atom stereocenters. The maximum atomic E-state index is 14.3. The van der Waals surface area contributed by atoms with Crippen LogP contribution in [0, 0.1) is 5.92 Å². The summed E-state index contributed by atoms with van der Waals surface area (Å²) < 4.78 is 109. The van der Waals surface area contributed by atoms with Crippen molar-refractivity contribution < 1.29 is 59.0 Å². The smallest absolute Gasteiger partial charge is 0.465 e. The lowest BCUT2D eigenvalue weighted by Crippen LogP contribution is -2.36. The number of unbranched alkanes of at least 4 members (excludes halogenated alkanes) is 2. The van der Waals surface area contributed by atoms with Crippen LogP contribution in [0.5, 0.6) is 0 Å². The van der Waals surface area contributed by atoms with E-state index >= 15 is 0 Å². The number of halogens is 4. The first-order valence-electron chi connectivity index (χ1n) is 25.2. The predicted molar refractivity (Wildman–Crippen MR) is 293 cm³/mol. The number of rotatable bonds is 27. The van der Waals surface area contributed by atoms with E-state index < -0.39 is 70.8 Å². The molecule has 1 aliphatic heterocycles. The van der Waals surface area contributed by atoms with Gasteiger partial charge in [-0.3, -0.25) is 19.3 Å². The van der Waals surface area contributed by atoms with Crippen molar-refractivity contribution in [2.24, 2.45) is 5.92 Å². The SMILES string of the molecule is CCCCCOC(=O)CN(C)CC(=O)OCCN(C)CC[C@H](CSc1ccccc1)Nc1ccc(S(=O)(=O)NC(=O)c2ccc(N3CCC([C@@H](O)c4ccccc4-c4ccc(Cl)cc4)CC3)cc2)cc1S(=O)(=O)C(F)(F)F. The van der Waals surface area contributed by atoms with Crippen LogP contribution in [-0.2, 0) is 38.9 Å². The number of likely N-dealkylation sites (N-methyl/N-ethyl adjacent to an activating group) is 2. The average molecular weight is 1140 g/mol. The number of alkyl halides is 3. The first kappa shape index (κ1) is 60.5. The van der Waals surface area contributed by atoms with Gasteiger partial charge in [-0.05, 0) is 136 Å². The van der Waals surface area contributed by atoms with Gasteiger partial charge in [-0.2, -0.15) is 13.2 Å². The topological polar surface area (TPSA) is 192 Å². The Morgan fingerprint density at radius 2 is 1.44 bits per heavy atom. The zero-order chi connectivity index (χ0) is 55.8. The quantitative estimate of drug-likeness (QED) is 0.0256. The molecule has 0 spiro atoms. The Hall–Kier alpha value is -5.68. The molecule has 1 fully saturated rings. The fourth-order valence-electron chi connectivity index (χ4n) is 8.63. The fraction of sp³-hybridized carbons (Fsp3) is 0.400. The molecule has 416 valence electrons. The number of benzene rings is 5. The molecule has 1 aliphatic rings. The molecule has 5 aromatic carbocycles. The number of carbonyl (C=O) groups is 3. The minimum Gasteiger partial charge on any atom is -0.465 e. The van der Waals surface area contributed by atoms with Gasteiger partial charge in [0.1, 0.15) is 11.5 Å². The molecule has 0 bridgehead atoms. The molecule has 0 radical (unpaired) electrons. The number of amides is 1. The number of aliphatic hydroxyl groups excluding tert-OH is 1. The molecule has 0 aromatic heterocycles. The third-order valence-electron chi connectivity index (χ3n) is 13.0. The Bertz CT molecular complexity index is 2970. The largest absolute Gasteiger partial charge is 0.501 e. The fourth-order valence-corrected chi connectivity index (χ4v) is 11.8. The molecule has 0 saturated carbocycles. The molecule has 15 nitrogen and oxygen atoms in total. The Labute approximate surface area is 458 Å². The molecule has 6 rings (SSSR count). The van der Waals surface area contributed by atoms with Crippen molar-refractivity contribution >= 4 is 72.4 Å². The zero-order valence-corrected chi connectivity index (χ0v) is 46.3. The number of piperidine rings is 1. The number of ether oxygens (including phenoxy) is 2.